The lowest BCUT2D eigenvalue weighted by molar-refractivity contribution is -0.138. The number of alkyl halides is 3. The fourth-order valence-corrected chi connectivity index (χ4v) is 4.85. The van der Waals surface area contributed by atoms with E-state index in [1.165, 1.54) is 24.4 Å². The van der Waals surface area contributed by atoms with E-state index in [1.54, 1.807) is 31.3 Å². The minimum atomic E-state index is -4.58. The maximum absolute atomic E-state index is 14.0. The van der Waals surface area contributed by atoms with E-state index in [1.807, 2.05) is 11.9 Å². The lowest BCUT2D eigenvalue weighted by Gasteiger charge is -2.33. The number of nitrogens with one attached hydrogen (secondary N) is 1. The van der Waals surface area contributed by atoms with E-state index in [0.29, 0.717) is 40.9 Å². The summed E-state index contributed by atoms with van der Waals surface area (Å²) in [5, 5.41) is 13.3. The summed E-state index contributed by atoms with van der Waals surface area (Å²) >= 11 is 0. The normalized spacial score (nSPS) is 14.1. The first-order valence-electron chi connectivity index (χ1n) is 13.5. The number of aryl methyl sites for hydroxylation is 1. The number of benzene rings is 2. The molecule has 11 heteroatoms. The zero-order valence-corrected chi connectivity index (χ0v) is 23.6. The molecule has 3 N–H and O–H groups in total. The first kappa shape index (κ1) is 29.5. The molecule has 0 atom stereocenters. The second kappa shape index (κ2) is 12.1. The number of carbonyl (C=O) groups excluding carboxylic acids is 1. The Labute approximate surface area is 246 Å². The number of amides is 1. The zero-order valence-electron chi connectivity index (χ0n) is 23.6. The van der Waals surface area contributed by atoms with Gasteiger partial charge in [-0.25, -0.2) is 4.98 Å². The highest BCUT2D eigenvalue weighted by Gasteiger charge is 2.34. The number of nitrogen functional groups attached to an aromatic ring is 1. The summed E-state index contributed by atoms with van der Waals surface area (Å²) in [6, 6.07) is 12.6. The second-order valence-corrected chi connectivity index (χ2v) is 10.4. The van der Waals surface area contributed by atoms with E-state index in [2.05, 4.69) is 38.1 Å². The first-order chi connectivity index (χ1) is 20.5. The number of piperazine rings is 1. The molecule has 0 radical (unpaired) electrons. The van der Waals surface area contributed by atoms with Gasteiger partial charge in [0.25, 0.3) is 5.91 Å². The van der Waals surface area contributed by atoms with Crippen molar-refractivity contribution in [2.24, 2.45) is 0 Å². The third-order valence-corrected chi connectivity index (χ3v) is 7.38. The lowest BCUT2D eigenvalue weighted by Crippen LogP contribution is -2.44. The molecule has 218 valence electrons. The molecule has 1 saturated heterocycles. The van der Waals surface area contributed by atoms with E-state index < -0.39 is 17.6 Å². The maximum Gasteiger partial charge on any atom is 0.416 e. The average molecular weight is 584 g/mol. The minimum Gasteiger partial charge on any atom is -0.383 e. The molecule has 8 nitrogen and oxygen atoms in total. The van der Waals surface area contributed by atoms with Gasteiger partial charge in [0.05, 0.1) is 34.0 Å². The van der Waals surface area contributed by atoms with Crippen LogP contribution in [0, 0.1) is 30.1 Å². The molecular weight excluding hydrogens is 555 g/mol. The number of carbonyl (C=O) groups is 1. The predicted molar refractivity (Wildman–Crippen MR) is 158 cm³/mol. The molecule has 2 aromatic carbocycles. The molecule has 3 heterocycles. The maximum atomic E-state index is 14.0. The van der Waals surface area contributed by atoms with Crippen molar-refractivity contribution in [3.05, 3.63) is 93.9 Å². The van der Waals surface area contributed by atoms with Crippen molar-refractivity contribution in [1.29, 1.82) is 5.26 Å². The van der Waals surface area contributed by atoms with E-state index in [9.17, 15) is 23.2 Å². The van der Waals surface area contributed by atoms with Gasteiger partial charge in [-0.1, -0.05) is 24.0 Å². The third kappa shape index (κ3) is 6.75. The Morgan fingerprint density at radius 2 is 1.81 bits per heavy atom. The van der Waals surface area contributed by atoms with Crippen molar-refractivity contribution in [2.45, 2.75) is 19.6 Å². The molecule has 1 fully saturated rings. The smallest absolute Gasteiger partial charge is 0.383 e. The third-order valence-electron chi connectivity index (χ3n) is 7.38. The molecule has 0 aliphatic carbocycles. The van der Waals surface area contributed by atoms with Crippen molar-refractivity contribution in [2.75, 3.05) is 44.3 Å². The van der Waals surface area contributed by atoms with Gasteiger partial charge in [-0.15, -0.1) is 0 Å². The fourth-order valence-electron chi connectivity index (χ4n) is 4.85. The van der Waals surface area contributed by atoms with Crippen LogP contribution >= 0.6 is 0 Å². The molecule has 1 aliphatic rings. The standard InChI is InChI=1S/C32H28F3N7O/c1-20-22(6-8-27-28-13-21(16-36)3-4-23(28)17-39-30(27)37)14-25(18-38-20)31(43)40-26-7-5-24(29(15-26)32(33,34)35)19-42-11-9-41(2)10-12-42/h3-5,7,13-15,17-18H,9-12,19H2,1-2H3,(H2,37,39)(H,40,43). The zero-order chi connectivity index (χ0) is 30.7. The molecule has 1 amide bonds. The summed E-state index contributed by atoms with van der Waals surface area (Å²) in [5.74, 6) is 5.54. The number of hydrogen-bond acceptors (Lipinski definition) is 7. The van der Waals surface area contributed by atoms with Crippen LogP contribution in [0.3, 0.4) is 0 Å². The van der Waals surface area contributed by atoms with Crippen LogP contribution in [0.25, 0.3) is 10.8 Å². The first-order valence-corrected chi connectivity index (χ1v) is 13.5. The highest BCUT2D eigenvalue weighted by Crippen LogP contribution is 2.35. The van der Waals surface area contributed by atoms with Crippen LogP contribution in [0.1, 0.15) is 43.9 Å². The summed E-state index contributed by atoms with van der Waals surface area (Å²) in [6.45, 7) is 4.85. The van der Waals surface area contributed by atoms with Crippen molar-refractivity contribution in [3.8, 4) is 17.9 Å². The number of halogens is 3. The van der Waals surface area contributed by atoms with Crippen LogP contribution < -0.4 is 11.1 Å². The quantitative estimate of drug-likeness (QED) is 0.332. The molecule has 4 aromatic rings. The fraction of sp³-hybridized carbons (Fsp3) is 0.250. The second-order valence-electron chi connectivity index (χ2n) is 10.4. The number of aromatic nitrogens is 2. The van der Waals surface area contributed by atoms with Gasteiger partial charge in [-0.2, -0.15) is 18.4 Å². The van der Waals surface area contributed by atoms with Gasteiger partial charge in [0.2, 0.25) is 0 Å². The molecule has 0 saturated carbocycles. The monoisotopic (exact) mass is 583 g/mol. The predicted octanol–water partition coefficient (Wildman–Crippen LogP) is 4.81. The van der Waals surface area contributed by atoms with Crippen molar-refractivity contribution in [1.82, 2.24) is 19.8 Å². The highest BCUT2D eigenvalue weighted by atomic mass is 19.4. The molecule has 2 aromatic heterocycles. The lowest BCUT2D eigenvalue weighted by atomic mass is 10.0. The van der Waals surface area contributed by atoms with Gasteiger partial charge in [0, 0.05) is 67.1 Å². The van der Waals surface area contributed by atoms with E-state index >= 15 is 0 Å². The minimum absolute atomic E-state index is 0.0237. The SMILES string of the molecule is Cc1ncc(C(=O)Nc2ccc(CN3CCN(C)CC3)c(C(F)(F)F)c2)cc1C#Cc1c(N)ncc2ccc(C#N)cc12. The number of nitrogens with two attached hydrogens (primary N) is 1. The Morgan fingerprint density at radius 1 is 1.05 bits per heavy atom. The molecule has 1 aliphatic heterocycles. The van der Waals surface area contributed by atoms with Crippen molar-refractivity contribution >= 4 is 28.2 Å². The summed E-state index contributed by atoms with van der Waals surface area (Å²) in [5.41, 5.74) is 7.47. The number of rotatable bonds is 4. The van der Waals surface area contributed by atoms with Gasteiger partial charge in [-0.05, 0) is 49.9 Å². The number of nitrogens with zero attached hydrogens (tertiary/aromatic N) is 5. The highest BCUT2D eigenvalue weighted by molar-refractivity contribution is 6.04. The Balaban J connectivity index is 1.39. The summed E-state index contributed by atoms with van der Waals surface area (Å²) in [4.78, 5) is 25.7. The van der Waals surface area contributed by atoms with Gasteiger partial charge in [0.15, 0.2) is 0 Å². The Morgan fingerprint density at radius 3 is 2.53 bits per heavy atom. The number of likely N-dealkylation sites (N-methyl/N-ethyl adjacent to an activating group) is 1. The van der Waals surface area contributed by atoms with Gasteiger partial charge >= 0.3 is 6.18 Å². The number of pyridine rings is 2. The Hall–Kier alpha value is -4.97. The Kier molecular flexibility index (Phi) is 8.31. The van der Waals surface area contributed by atoms with Crippen LogP contribution in [0.4, 0.5) is 24.7 Å². The van der Waals surface area contributed by atoms with Crippen LogP contribution in [-0.4, -0.2) is 58.9 Å². The number of anilines is 2. The molecular formula is C32H28F3N7O. The molecule has 0 bridgehead atoms. The number of fused-ring (bicyclic) bond motifs is 1. The van der Waals surface area contributed by atoms with E-state index in [4.69, 9.17) is 5.73 Å². The largest absolute Gasteiger partial charge is 0.416 e. The van der Waals surface area contributed by atoms with Gasteiger partial charge in [0.1, 0.15) is 5.82 Å². The molecule has 0 spiro atoms. The van der Waals surface area contributed by atoms with Crippen LogP contribution in [0.2, 0.25) is 0 Å². The number of nitriles is 1. The van der Waals surface area contributed by atoms with E-state index in [-0.39, 0.29) is 29.2 Å². The van der Waals surface area contributed by atoms with Crippen molar-refractivity contribution < 1.29 is 18.0 Å². The average Bonchev–Trinajstić information content (AvgIpc) is 2.98. The van der Waals surface area contributed by atoms with Crippen LogP contribution in [0.5, 0.6) is 0 Å². The molecule has 5 rings (SSSR count). The Bertz CT molecular complexity index is 1810. The van der Waals surface area contributed by atoms with Gasteiger partial charge < -0.3 is 16.0 Å². The topological polar surface area (TPSA) is 111 Å². The molecule has 0 unspecified atom stereocenters. The van der Waals surface area contributed by atoms with Gasteiger partial charge in [-0.3, -0.25) is 14.7 Å². The molecule has 43 heavy (non-hydrogen) atoms. The summed E-state index contributed by atoms with van der Waals surface area (Å²) in [7, 11) is 1.99. The number of hydrogen-bond donors (Lipinski definition) is 2. The summed E-state index contributed by atoms with van der Waals surface area (Å²) < 4.78 is 42.0. The van der Waals surface area contributed by atoms with E-state index in [0.717, 1.165) is 24.5 Å². The van der Waals surface area contributed by atoms with Crippen LogP contribution in [-0.2, 0) is 12.7 Å². The van der Waals surface area contributed by atoms with Crippen LogP contribution in [0.15, 0.2) is 54.9 Å². The summed E-state index contributed by atoms with van der Waals surface area (Å²) in [6.07, 6.45) is -1.64. The van der Waals surface area contributed by atoms with Crippen molar-refractivity contribution in [3.63, 3.8) is 0 Å².